The first-order chi connectivity index (χ1) is 14.0. The number of para-hydroxylation sites is 1. The van der Waals surface area contributed by atoms with Crippen LogP contribution in [-0.2, 0) is 6.42 Å². The first-order valence-electron chi connectivity index (χ1n) is 9.24. The number of aryl methyl sites for hydroxylation is 1. The summed E-state index contributed by atoms with van der Waals surface area (Å²) >= 11 is 0. The molecule has 4 aromatic rings. The predicted molar refractivity (Wildman–Crippen MR) is 108 cm³/mol. The second kappa shape index (κ2) is 6.34. The van der Waals surface area contributed by atoms with Gasteiger partial charge in [-0.25, -0.2) is 4.79 Å². The van der Waals surface area contributed by atoms with Gasteiger partial charge in [-0.1, -0.05) is 24.3 Å². The highest BCUT2D eigenvalue weighted by molar-refractivity contribution is 5.88. The van der Waals surface area contributed by atoms with Crippen molar-refractivity contribution >= 4 is 11.6 Å². The normalized spacial score (nSPS) is 12.7. The van der Waals surface area contributed by atoms with E-state index in [1.807, 2.05) is 25.1 Å². The maximum Gasteiger partial charge on any atom is 0.335 e. The van der Waals surface area contributed by atoms with E-state index >= 15 is 0 Å². The van der Waals surface area contributed by atoms with Gasteiger partial charge in [0, 0.05) is 23.6 Å². The van der Waals surface area contributed by atoms with E-state index in [0.717, 1.165) is 34.4 Å². The van der Waals surface area contributed by atoms with E-state index in [0.29, 0.717) is 23.6 Å². The smallest absolute Gasteiger partial charge is 0.335 e. The number of hydrogen-bond acceptors (Lipinski definition) is 4. The summed E-state index contributed by atoms with van der Waals surface area (Å²) in [5.74, 6) is -0.162. The van der Waals surface area contributed by atoms with Crippen LogP contribution in [0.4, 0.5) is 0 Å². The van der Waals surface area contributed by atoms with Crippen LogP contribution in [-0.4, -0.2) is 32.3 Å². The van der Waals surface area contributed by atoms with Gasteiger partial charge < -0.3 is 14.8 Å². The summed E-state index contributed by atoms with van der Waals surface area (Å²) in [5, 5.41) is 13.6. The van der Waals surface area contributed by atoms with E-state index in [9.17, 15) is 9.59 Å². The van der Waals surface area contributed by atoms with Gasteiger partial charge in [-0.3, -0.25) is 4.79 Å². The summed E-state index contributed by atoms with van der Waals surface area (Å²) in [6.45, 7) is 2.56. The fraction of sp³-hybridized carbons (Fsp3) is 0.136. The van der Waals surface area contributed by atoms with Gasteiger partial charge in [0.25, 0.3) is 5.56 Å². The first-order valence-corrected chi connectivity index (χ1v) is 9.24. The molecule has 0 atom stereocenters. The van der Waals surface area contributed by atoms with Crippen molar-refractivity contribution < 1.29 is 14.6 Å². The Hall–Kier alpha value is -3.87. The molecule has 3 heterocycles. The molecule has 0 saturated carbocycles. The highest BCUT2D eigenvalue weighted by Gasteiger charge is 2.22. The van der Waals surface area contributed by atoms with Crippen molar-refractivity contribution in [3.8, 4) is 28.3 Å². The molecule has 2 N–H and O–H groups in total. The van der Waals surface area contributed by atoms with Crippen molar-refractivity contribution in [2.45, 2.75) is 13.3 Å². The number of carbonyl (C=O) groups is 1. The van der Waals surface area contributed by atoms with Crippen LogP contribution in [0.3, 0.4) is 0 Å². The molecule has 29 heavy (non-hydrogen) atoms. The Kier molecular flexibility index (Phi) is 3.77. The third-order valence-corrected chi connectivity index (χ3v) is 5.26. The fourth-order valence-electron chi connectivity index (χ4n) is 3.76. The Morgan fingerprint density at radius 1 is 1.21 bits per heavy atom. The van der Waals surface area contributed by atoms with Crippen LogP contribution in [0.5, 0.6) is 5.75 Å². The maximum absolute atomic E-state index is 12.7. The molecule has 0 saturated heterocycles. The minimum absolute atomic E-state index is 0.193. The van der Waals surface area contributed by atoms with Crippen LogP contribution in [0.25, 0.3) is 28.2 Å². The van der Waals surface area contributed by atoms with Gasteiger partial charge in [0.15, 0.2) is 0 Å². The molecule has 2 aromatic carbocycles. The van der Waals surface area contributed by atoms with E-state index in [-0.39, 0.29) is 11.1 Å². The molecule has 0 fully saturated rings. The molecule has 1 aliphatic heterocycles. The quantitative estimate of drug-likeness (QED) is 0.562. The van der Waals surface area contributed by atoms with E-state index < -0.39 is 5.97 Å². The van der Waals surface area contributed by atoms with Crippen molar-refractivity contribution in [1.82, 2.24) is 14.6 Å². The summed E-state index contributed by atoms with van der Waals surface area (Å²) < 4.78 is 7.16. The van der Waals surface area contributed by atoms with Crippen LogP contribution in [0, 0.1) is 6.92 Å². The van der Waals surface area contributed by atoms with E-state index in [1.54, 1.807) is 12.1 Å². The molecule has 2 aromatic heterocycles. The Labute approximate surface area is 165 Å². The molecule has 1 aliphatic rings. The number of carboxylic acid groups (broad SMARTS) is 1. The van der Waals surface area contributed by atoms with Crippen LogP contribution >= 0.6 is 0 Å². The number of nitrogens with one attached hydrogen (secondary N) is 1. The molecule has 0 aliphatic carbocycles. The lowest BCUT2D eigenvalue weighted by Gasteiger charge is -2.06. The Balaban J connectivity index is 1.67. The van der Waals surface area contributed by atoms with Crippen molar-refractivity contribution in [1.29, 1.82) is 0 Å². The number of nitrogens with zero attached hydrogens (tertiary/aromatic N) is 2. The number of aromatic carboxylic acids is 1. The molecular formula is C22H17N3O4. The number of hydrogen-bond donors (Lipinski definition) is 2. The molecular weight excluding hydrogens is 370 g/mol. The van der Waals surface area contributed by atoms with Gasteiger partial charge in [0.1, 0.15) is 17.1 Å². The molecule has 0 amide bonds. The minimum atomic E-state index is -0.991. The molecule has 7 nitrogen and oxygen atoms in total. The van der Waals surface area contributed by atoms with Gasteiger partial charge >= 0.3 is 5.97 Å². The Bertz CT molecular complexity index is 1330. The van der Waals surface area contributed by atoms with Gasteiger partial charge in [-0.15, -0.1) is 0 Å². The zero-order chi connectivity index (χ0) is 20.1. The summed E-state index contributed by atoms with van der Waals surface area (Å²) in [7, 11) is 0. The lowest BCUT2D eigenvalue weighted by molar-refractivity contribution is 0.0697. The number of fused-ring (bicyclic) bond motifs is 2. The molecule has 0 radical (unpaired) electrons. The number of rotatable bonds is 3. The van der Waals surface area contributed by atoms with Gasteiger partial charge in [0.05, 0.1) is 17.9 Å². The minimum Gasteiger partial charge on any atom is -0.492 e. The lowest BCUT2D eigenvalue weighted by Crippen LogP contribution is -2.14. The van der Waals surface area contributed by atoms with Crippen LogP contribution < -0.4 is 10.3 Å². The van der Waals surface area contributed by atoms with E-state index in [2.05, 4.69) is 10.1 Å². The van der Waals surface area contributed by atoms with E-state index in [4.69, 9.17) is 9.84 Å². The average Bonchev–Trinajstić information content (AvgIpc) is 3.33. The Morgan fingerprint density at radius 2 is 2.00 bits per heavy atom. The molecule has 0 spiro atoms. The summed E-state index contributed by atoms with van der Waals surface area (Å²) in [5.41, 5.74) is 5.41. The van der Waals surface area contributed by atoms with Gasteiger partial charge in [0.2, 0.25) is 0 Å². The first kappa shape index (κ1) is 17.2. The maximum atomic E-state index is 12.7. The second-order valence-corrected chi connectivity index (χ2v) is 7.03. The van der Waals surface area contributed by atoms with Crippen LogP contribution in [0.1, 0.15) is 21.5 Å². The molecule has 0 bridgehead atoms. The molecule has 0 unspecified atom stereocenters. The van der Waals surface area contributed by atoms with Gasteiger partial charge in [-0.05, 0) is 36.2 Å². The number of H-pyrrole nitrogens is 1. The fourth-order valence-corrected chi connectivity index (χ4v) is 3.76. The topological polar surface area (TPSA) is 96.7 Å². The van der Waals surface area contributed by atoms with Crippen LogP contribution in [0.15, 0.2) is 53.3 Å². The number of ether oxygens (including phenoxy) is 1. The third kappa shape index (κ3) is 2.70. The van der Waals surface area contributed by atoms with Crippen molar-refractivity contribution in [2.75, 3.05) is 6.61 Å². The third-order valence-electron chi connectivity index (χ3n) is 5.26. The van der Waals surface area contributed by atoms with Gasteiger partial charge in [-0.2, -0.15) is 9.61 Å². The van der Waals surface area contributed by atoms with E-state index in [1.165, 1.54) is 22.7 Å². The molecule has 7 heteroatoms. The largest absolute Gasteiger partial charge is 0.492 e. The number of benzene rings is 2. The SMILES string of the molecule is Cc1c(-c2cccc3c2OCC3)nn2c(=O)cc(-c3ccc(C(=O)O)cc3)[nH]c12. The predicted octanol–water partition coefficient (Wildman–Crippen LogP) is 3.30. The summed E-state index contributed by atoms with van der Waals surface area (Å²) in [6, 6.07) is 13.8. The zero-order valence-corrected chi connectivity index (χ0v) is 15.6. The average molecular weight is 387 g/mol. The van der Waals surface area contributed by atoms with Crippen LogP contribution in [0.2, 0.25) is 0 Å². The number of aromatic nitrogens is 3. The zero-order valence-electron chi connectivity index (χ0n) is 15.6. The monoisotopic (exact) mass is 387 g/mol. The highest BCUT2D eigenvalue weighted by Crippen LogP contribution is 2.38. The summed E-state index contributed by atoms with van der Waals surface area (Å²) in [6.07, 6.45) is 0.866. The molecule has 5 rings (SSSR count). The molecule has 144 valence electrons. The Morgan fingerprint density at radius 3 is 2.76 bits per heavy atom. The van der Waals surface area contributed by atoms with Crippen molar-refractivity contribution in [3.63, 3.8) is 0 Å². The van der Waals surface area contributed by atoms with Crippen molar-refractivity contribution in [3.05, 3.63) is 75.6 Å². The second-order valence-electron chi connectivity index (χ2n) is 7.03. The number of carboxylic acids is 1. The van der Waals surface area contributed by atoms with Crippen molar-refractivity contribution in [2.24, 2.45) is 0 Å². The highest BCUT2D eigenvalue weighted by atomic mass is 16.5. The lowest BCUT2D eigenvalue weighted by atomic mass is 10.0. The summed E-state index contributed by atoms with van der Waals surface area (Å²) in [4.78, 5) is 27.1. The standard InChI is InChI=1S/C22H17N3O4/c1-12-19(16-4-2-3-14-9-10-29-20(14)16)24-25-18(26)11-17(23-21(12)25)13-5-7-15(8-6-13)22(27)28/h2-8,11,23H,9-10H2,1H3,(H,27,28). The number of aromatic amines is 1.